The molecule has 106 valence electrons. The zero-order valence-electron chi connectivity index (χ0n) is 12.3. The third kappa shape index (κ3) is 4.54. The highest BCUT2D eigenvalue weighted by Crippen LogP contribution is 2.28. The highest BCUT2D eigenvalue weighted by Gasteiger charge is 2.26. The molecule has 0 amide bonds. The first-order chi connectivity index (χ1) is 9.29. The molecule has 0 aromatic heterocycles. The van der Waals surface area contributed by atoms with Gasteiger partial charge >= 0.3 is 0 Å². The van der Waals surface area contributed by atoms with Gasteiger partial charge in [0.15, 0.2) is 0 Å². The molecule has 1 fully saturated rings. The molecule has 1 saturated carbocycles. The topological polar surface area (TPSA) is 21.3 Å². The third-order valence-corrected chi connectivity index (χ3v) is 4.09. The van der Waals surface area contributed by atoms with Crippen molar-refractivity contribution in [1.82, 2.24) is 5.32 Å². The molecular weight excluding hydrogens is 234 g/mol. The zero-order valence-corrected chi connectivity index (χ0v) is 12.3. The molecule has 0 saturated heterocycles. The number of nitrogens with one attached hydrogen (secondary N) is 1. The normalized spacial score (nSPS) is 22.6. The summed E-state index contributed by atoms with van der Waals surface area (Å²) in [6.45, 7) is 6.34. The van der Waals surface area contributed by atoms with E-state index in [0.717, 1.165) is 30.9 Å². The van der Waals surface area contributed by atoms with Crippen LogP contribution in [0.1, 0.15) is 44.6 Å². The summed E-state index contributed by atoms with van der Waals surface area (Å²) < 4.78 is 5.85. The Morgan fingerprint density at radius 3 is 2.74 bits per heavy atom. The predicted molar refractivity (Wildman–Crippen MR) is 80.7 cm³/mol. The molecule has 0 spiro atoms. The molecule has 1 aromatic rings. The lowest BCUT2D eigenvalue weighted by atomic mass is 10.00. The Hall–Kier alpha value is -1.02. The van der Waals surface area contributed by atoms with E-state index >= 15 is 0 Å². The van der Waals surface area contributed by atoms with Crippen LogP contribution in [0.5, 0.6) is 5.75 Å². The van der Waals surface area contributed by atoms with E-state index < -0.39 is 0 Å². The van der Waals surface area contributed by atoms with E-state index in [9.17, 15) is 0 Å². The predicted octanol–water partition coefficient (Wildman–Crippen LogP) is 3.93. The van der Waals surface area contributed by atoms with Gasteiger partial charge in [-0.2, -0.15) is 0 Å². The molecule has 1 aliphatic rings. The average Bonchev–Trinajstić information content (AvgIpc) is 2.86. The van der Waals surface area contributed by atoms with E-state index in [-0.39, 0.29) is 0 Å². The molecular formula is C17H27NO. The summed E-state index contributed by atoms with van der Waals surface area (Å²) in [5.74, 6) is 1.80. The molecule has 0 aliphatic heterocycles. The fraction of sp³-hybridized carbons (Fsp3) is 0.647. The molecule has 1 aromatic carbocycles. The smallest absolute Gasteiger partial charge is 0.119 e. The second kappa shape index (κ2) is 7.54. The van der Waals surface area contributed by atoms with Gasteiger partial charge in [-0.25, -0.2) is 0 Å². The van der Waals surface area contributed by atoms with Crippen molar-refractivity contribution < 1.29 is 4.74 Å². The molecule has 2 nitrogen and oxygen atoms in total. The minimum Gasteiger partial charge on any atom is -0.494 e. The molecule has 0 heterocycles. The van der Waals surface area contributed by atoms with Gasteiger partial charge in [-0.15, -0.1) is 0 Å². The minimum absolute atomic E-state index is 0.724. The average molecular weight is 261 g/mol. The molecule has 0 bridgehead atoms. The molecule has 2 rings (SSSR count). The van der Waals surface area contributed by atoms with Gasteiger partial charge < -0.3 is 10.1 Å². The van der Waals surface area contributed by atoms with E-state index in [1.54, 1.807) is 0 Å². The number of hydrogen-bond donors (Lipinski definition) is 1. The van der Waals surface area contributed by atoms with Crippen LogP contribution in [-0.2, 0) is 0 Å². The Morgan fingerprint density at radius 2 is 2.00 bits per heavy atom. The van der Waals surface area contributed by atoms with Gasteiger partial charge in [0, 0.05) is 6.04 Å². The van der Waals surface area contributed by atoms with Crippen LogP contribution in [0.4, 0.5) is 0 Å². The van der Waals surface area contributed by atoms with Crippen molar-refractivity contribution in [3.63, 3.8) is 0 Å². The van der Waals surface area contributed by atoms with Gasteiger partial charge in [-0.1, -0.05) is 31.0 Å². The SMILES string of the molecule is CCCNC1CCCC1CCOc1ccc(C)cc1. The Bertz CT molecular complexity index is 360. The van der Waals surface area contributed by atoms with Crippen molar-refractivity contribution in [2.75, 3.05) is 13.2 Å². The monoisotopic (exact) mass is 261 g/mol. The number of ether oxygens (including phenoxy) is 1. The summed E-state index contributed by atoms with van der Waals surface area (Å²) in [6.07, 6.45) is 6.47. The van der Waals surface area contributed by atoms with Gasteiger partial charge in [0.05, 0.1) is 6.61 Å². The van der Waals surface area contributed by atoms with Crippen LogP contribution in [-0.4, -0.2) is 19.2 Å². The second-order valence-electron chi connectivity index (χ2n) is 5.70. The van der Waals surface area contributed by atoms with E-state index in [2.05, 4.69) is 43.4 Å². The van der Waals surface area contributed by atoms with Crippen molar-refractivity contribution in [2.24, 2.45) is 5.92 Å². The quantitative estimate of drug-likeness (QED) is 0.803. The van der Waals surface area contributed by atoms with Crippen LogP contribution in [0.3, 0.4) is 0 Å². The molecule has 1 aliphatic carbocycles. The van der Waals surface area contributed by atoms with E-state index in [4.69, 9.17) is 4.74 Å². The van der Waals surface area contributed by atoms with Crippen molar-refractivity contribution >= 4 is 0 Å². The highest BCUT2D eigenvalue weighted by atomic mass is 16.5. The molecule has 19 heavy (non-hydrogen) atoms. The zero-order chi connectivity index (χ0) is 13.5. The van der Waals surface area contributed by atoms with Crippen LogP contribution in [0.15, 0.2) is 24.3 Å². The molecule has 0 radical (unpaired) electrons. The van der Waals surface area contributed by atoms with Gasteiger partial charge in [-0.05, 0) is 57.2 Å². The Balaban J connectivity index is 1.71. The summed E-state index contributed by atoms with van der Waals surface area (Å²) in [6, 6.07) is 9.07. The maximum absolute atomic E-state index is 5.85. The lowest BCUT2D eigenvalue weighted by Gasteiger charge is -2.21. The number of benzene rings is 1. The summed E-state index contributed by atoms with van der Waals surface area (Å²) in [5, 5.41) is 3.68. The fourth-order valence-corrected chi connectivity index (χ4v) is 2.94. The molecule has 2 unspecified atom stereocenters. The number of hydrogen-bond acceptors (Lipinski definition) is 2. The van der Waals surface area contributed by atoms with Crippen LogP contribution in [0, 0.1) is 12.8 Å². The summed E-state index contributed by atoms with van der Waals surface area (Å²) in [4.78, 5) is 0. The first-order valence-electron chi connectivity index (χ1n) is 7.72. The largest absolute Gasteiger partial charge is 0.494 e. The van der Waals surface area contributed by atoms with Crippen molar-refractivity contribution in [3.05, 3.63) is 29.8 Å². The van der Waals surface area contributed by atoms with Crippen molar-refractivity contribution in [2.45, 2.75) is 52.0 Å². The van der Waals surface area contributed by atoms with Gasteiger partial charge in [0.2, 0.25) is 0 Å². The molecule has 1 N–H and O–H groups in total. The first-order valence-corrected chi connectivity index (χ1v) is 7.72. The molecule has 2 heteroatoms. The van der Waals surface area contributed by atoms with E-state index in [1.807, 2.05) is 0 Å². The number of aryl methyl sites for hydroxylation is 1. The fourth-order valence-electron chi connectivity index (χ4n) is 2.94. The van der Waals surface area contributed by atoms with Crippen molar-refractivity contribution in [1.29, 1.82) is 0 Å². The summed E-state index contributed by atoms with van der Waals surface area (Å²) >= 11 is 0. The van der Waals surface area contributed by atoms with Gasteiger partial charge in [0.1, 0.15) is 5.75 Å². The maximum Gasteiger partial charge on any atom is 0.119 e. The van der Waals surface area contributed by atoms with E-state index in [0.29, 0.717) is 0 Å². The third-order valence-electron chi connectivity index (χ3n) is 4.09. The highest BCUT2D eigenvalue weighted by molar-refractivity contribution is 5.26. The van der Waals surface area contributed by atoms with Crippen LogP contribution < -0.4 is 10.1 Å². The van der Waals surface area contributed by atoms with Crippen LogP contribution in [0.25, 0.3) is 0 Å². The van der Waals surface area contributed by atoms with Gasteiger partial charge in [-0.3, -0.25) is 0 Å². The first kappa shape index (κ1) is 14.4. The second-order valence-corrected chi connectivity index (χ2v) is 5.70. The van der Waals surface area contributed by atoms with Crippen molar-refractivity contribution in [3.8, 4) is 5.75 Å². The standard InChI is InChI=1S/C17H27NO/c1-3-12-18-17-6-4-5-15(17)11-13-19-16-9-7-14(2)8-10-16/h7-10,15,17-18H,3-6,11-13H2,1-2H3. The Morgan fingerprint density at radius 1 is 1.21 bits per heavy atom. The maximum atomic E-state index is 5.85. The number of rotatable bonds is 7. The van der Waals surface area contributed by atoms with Crippen LogP contribution >= 0.6 is 0 Å². The summed E-state index contributed by atoms with van der Waals surface area (Å²) in [7, 11) is 0. The van der Waals surface area contributed by atoms with E-state index in [1.165, 1.54) is 37.7 Å². The summed E-state index contributed by atoms with van der Waals surface area (Å²) in [5.41, 5.74) is 1.28. The molecule has 2 atom stereocenters. The lowest BCUT2D eigenvalue weighted by molar-refractivity contribution is 0.260. The lowest BCUT2D eigenvalue weighted by Crippen LogP contribution is -2.33. The Labute approximate surface area is 117 Å². The van der Waals surface area contributed by atoms with Crippen LogP contribution in [0.2, 0.25) is 0 Å². The minimum atomic E-state index is 0.724. The Kier molecular flexibility index (Phi) is 5.71. The van der Waals surface area contributed by atoms with Gasteiger partial charge in [0.25, 0.3) is 0 Å².